The predicted molar refractivity (Wildman–Crippen MR) is 94.2 cm³/mol. The molecule has 132 valence electrons. The van der Waals surface area contributed by atoms with Crippen LogP contribution >= 0.6 is 0 Å². The molecule has 0 saturated heterocycles. The smallest absolute Gasteiger partial charge is 0.252 e. The minimum atomic E-state index is -0.173. The Morgan fingerprint density at radius 2 is 2.08 bits per heavy atom. The monoisotopic (exact) mass is 341 g/mol. The van der Waals surface area contributed by atoms with Gasteiger partial charge in [-0.1, -0.05) is 19.0 Å². The Balaban J connectivity index is 1.80. The highest BCUT2D eigenvalue weighted by Gasteiger charge is 2.18. The minimum absolute atomic E-state index is 0.173. The first-order valence-corrected chi connectivity index (χ1v) is 8.38. The van der Waals surface area contributed by atoms with Crippen LogP contribution in [-0.4, -0.2) is 25.8 Å². The lowest BCUT2D eigenvalue weighted by atomic mass is 10.1. The van der Waals surface area contributed by atoms with Crippen LogP contribution in [0.25, 0.3) is 11.0 Å². The molecule has 7 heteroatoms. The second kappa shape index (κ2) is 6.66. The van der Waals surface area contributed by atoms with Crippen LogP contribution in [0.2, 0.25) is 0 Å². The van der Waals surface area contributed by atoms with E-state index >= 15 is 0 Å². The van der Waals surface area contributed by atoms with Crippen LogP contribution in [0.3, 0.4) is 0 Å². The van der Waals surface area contributed by atoms with Crippen LogP contribution in [0.15, 0.2) is 16.7 Å². The van der Waals surface area contributed by atoms with Gasteiger partial charge in [-0.3, -0.25) is 9.48 Å². The third-order valence-electron chi connectivity index (χ3n) is 3.99. The highest BCUT2D eigenvalue weighted by molar-refractivity contribution is 6.06. The molecule has 0 aromatic carbocycles. The zero-order chi connectivity index (χ0) is 18.1. The average Bonchev–Trinajstić information content (AvgIpc) is 3.08. The summed E-state index contributed by atoms with van der Waals surface area (Å²) in [4.78, 5) is 17.2. The van der Waals surface area contributed by atoms with Gasteiger partial charge in [-0.2, -0.15) is 5.10 Å². The van der Waals surface area contributed by atoms with Crippen molar-refractivity contribution in [3.8, 4) is 0 Å². The Kier molecular flexibility index (Phi) is 4.57. The number of nitrogens with one attached hydrogen (secondary N) is 1. The molecule has 25 heavy (non-hydrogen) atoms. The topological polar surface area (TPSA) is 85.8 Å². The SMILES string of the molecule is Cc1cc(C(=O)NCc2cc(CC(C)C)no2)c2c(C)nn(C)c2n1. The maximum Gasteiger partial charge on any atom is 0.252 e. The van der Waals surface area contributed by atoms with Gasteiger partial charge in [-0.25, -0.2) is 4.98 Å². The number of carbonyl (C=O) groups is 1. The van der Waals surface area contributed by atoms with E-state index in [9.17, 15) is 4.79 Å². The lowest BCUT2D eigenvalue weighted by Crippen LogP contribution is -2.23. The van der Waals surface area contributed by atoms with Gasteiger partial charge in [0.2, 0.25) is 0 Å². The summed E-state index contributed by atoms with van der Waals surface area (Å²) in [7, 11) is 1.83. The standard InChI is InChI=1S/C18H23N5O2/c1-10(2)6-13-8-14(25-22-13)9-19-18(24)15-7-11(3)20-17-16(15)12(4)21-23(17)5/h7-8,10H,6,9H2,1-5H3,(H,19,24). The number of fused-ring (bicyclic) bond motifs is 1. The van der Waals surface area contributed by atoms with E-state index in [4.69, 9.17) is 4.52 Å². The van der Waals surface area contributed by atoms with Gasteiger partial charge in [0.25, 0.3) is 5.91 Å². The first kappa shape index (κ1) is 17.1. The summed E-state index contributed by atoms with van der Waals surface area (Å²) in [6.45, 7) is 8.30. The van der Waals surface area contributed by atoms with E-state index < -0.39 is 0 Å². The number of hydrogen-bond donors (Lipinski definition) is 1. The number of nitrogens with zero attached hydrogens (tertiary/aromatic N) is 4. The fraction of sp³-hybridized carbons (Fsp3) is 0.444. The van der Waals surface area contributed by atoms with E-state index in [1.807, 2.05) is 27.0 Å². The third-order valence-corrected chi connectivity index (χ3v) is 3.99. The second-order valence-electron chi connectivity index (χ2n) is 6.78. The van der Waals surface area contributed by atoms with Crippen LogP contribution in [-0.2, 0) is 20.0 Å². The average molecular weight is 341 g/mol. The maximum atomic E-state index is 12.7. The summed E-state index contributed by atoms with van der Waals surface area (Å²) < 4.78 is 6.99. The molecule has 0 fully saturated rings. The lowest BCUT2D eigenvalue weighted by molar-refractivity contribution is 0.0948. The van der Waals surface area contributed by atoms with Crippen LogP contribution in [0, 0.1) is 19.8 Å². The van der Waals surface area contributed by atoms with Gasteiger partial charge in [0.15, 0.2) is 11.4 Å². The highest BCUT2D eigenvalue weighted by atomic mass is 16.5. The number of carbonyl (C=O) groups excluding carboxylic acids is 1. The fourth-order valence-corrected chi connectivity index (χ4v) is 2.97. The van der Waals surface area contributed by atoms with E-state index in [0.717, 1.165) is 28.9 Å². The van der Waals surface area contributed by atoms with Gasteiger partial charge in [-0.05, 0) is 32.3 Å². The molecule has 0 aliphatic rings. The largest absolute Gasteiger partial charge is 0.359 e. The van der Waals surface area contributed by atoms with E-state index in [1.54, 1.807) is 10.7 Å². The Morgan fingerprint density at radius 1 is 1.32 bits per heavy atom. The maximum absolute atomic E-state index is 12.7. The molecule has 0 spiro atoms. The molecular weight excluding hydrogens is 318 g/mol. The number of pyridine rings is 1. The fourth-order valence-electron chi connectivity index (χ4n) is 2.97. The summed E-state index contributed by atoms with van der Waals surface area (Å²) in [6, 6.07) is 3.68. The molecule has 0 bridgehead atoms. The van der Waals surface area contributed by atoms with E-state index in [2.05, 4.69) is 34.4 Å². The zero-order valence-corrected chi connectivity index (χ0v) is 15.3. The lowest BCUT2D eigenvalue weighted by Gasteiger charge is -2.06. The van der Waals surface area contributed by atoms with Gasteiger partial charge >= 0.3 is 0 Å². The van der Waals surface area contributed by atoms with Gasteiger partial charge in [0.05, 0.1) is 28.9 Å². The number of rotatable bonds is 5. The molecule has 3 heterocycles. The van der Waals surface area contributed by atoms with Crippen molar-refractivity contribution in [1.29, 1.82) is 0 Å². The van der Waals surface area contributed by atoms with Crippen molar-refractivity contribution in [2.75, 3.05) is 0 Å². The van der Waals surface area contributed by atoms with Crippen LogP contribution in [0.4, 0.5) is 0 Å². The Morgan fingerprint density at radius 3 is 2.80 bits per heavy atom. The predicted octanol–water partition coefficient (Wildman–Crippen LogP) is 2.70. The van der Waals surface area contributed by atoms with Crippen molar-refractivity contribution in [2.45, 2.75) is 40.7 Å². The molecule has 3 aromatic rings. The third kappa shape index (κ3) is 3.55. The molecule has 0 atom stereocenters. The van der Waals surface area contributed by atoms with Crippen LogP contribution in [0.5, 0.6) is 0 Å². The number of amides is 1. The Labute approximate surface area is 146 Å². The second-order valence-corrected chi connectivity index (χ2v) is 6.78. The van der Waals surface area contributed by atoms with E-state index in [1.165, 1.54) is 0 Å². The van der Waals surface area contributed by atoms with Crippen molar-refractivity contribution in [1.82, 2.24) is 25.2 Å². The van der Waals surface area contributed by atoms with Crippen LogP contribution < -0.4 is 5.32 Å². The molecule has 0 saturated carbocycles. The van der Waals surface area contributed by atoms with E-state index in [0.29, 0.717) is 29.4 Å². The molecule has 1 N–H and O–H groups in total. The summed E-state index contributed by atoms with van der Waals surface area (Å²) in [5, 5.41) is 12.1. The number of aryl methyl sites for hydroxylation is 3. The van der Waals surface area contributed by atoms with Gasteiger partial charge < -0.3 is 9.84 Å². The van der Waals surface area contributed by atoms with Crippen molar-refractivity contribution in [3.63, 3.8) is 0 Å². The molecule has 0 aliphatic heterocycles. The molecule has 3 aromatic heterocycles. The highest BCUT2D eigenvalue weighted by Crippen LogP contribution is 2.21. The molecule has 7 nitrogen and oxygen atoms in total. The first-order valence-electron chi connectivity index (χ1n) is 8.38. The summed E-state index contributed by atoms with van der Waals surface area (Å²) in [5.74, 6) is 0.983. The first-order chi connectivity index (χ1) is 11.8. The van der Waals surface area contributed by atoms with Gasteiger partial charge in [0, 0.05) is 18.8 Å². The van der Waals surface area contributed by atoms with Gasteiger partial charge in [0.1, 0.15) is 0 Å². The number of aromatic nitrogens is 4. The molecule has 3 rings (SSSR count). The quantitative estimate of drug-likeness (QED) is 0.771. The molecule has 0 aliphatic carbocycles. The summed E-state index contributed by atoms with van der Waals surface area (Å²) >= 11 is 0. The Hall–Kier alpha value is -2.70. The van der Waals surface area contributed by atoms with Crippen LogP contribution in [0.1, 0.15) is 47.0 Å². The molecule has 1 amide bonds. The minimum Gasteiger partial charge on any atom is -0.359 e. The van der Waals surface area contributed by atoms with Gasteiger partial charge in [-0.15, -0.1) is 0 Å². The van der Waals surface area contributed by atoms with Crippen molar-refractivity contribution < 1.29 is 9.32 Å². The Bertz CT molecular complexity index is 923. The normalized spacial score (nSPS) is 11.4. The van der Waals surface area contributed by atoms with Crippen molar-refractivity contribution in [2.24, 2.45) is 13.0 Å². The molecule has 0 radical (unpaired) electrons. The number of hydrogen-bond acceptors (Lipinski definition) is 5. The summed E-state index contributed by atoms with van der Waals surface area (Å²) in [6.07, 6.45) is 0.858. The van der Waals surface area contributed by atoms with Crippen molar-refractivity contribution >= 4 is 16.9 Å². The molecular formula is C18H23N5O2. The molecule has 0 unspecified atom stereocenters. The summed E-state index contributed by atoms with van der Waals surface area (Å²) in [5.41, 5.74) is 3.76. The van der Waals surface area contributed by atoms with E-state index in [-0.39, 0.29) is 5.91 Å². The van der Waals surface area contributed by atoms with Crippen molar-refractivity contribution in [3.05, 3.63) is 40.5 Å². The zero-order valence-electron chi connectivity index (χ0n) is 15.3.